The summed E-state index contributed by atoms with van der Waals surface area (Å²) in [7, 11) is 0. The number of piperidine rings is 1. The molecule has 0 radical (unpaired) electrons. The lowest BCUT2D eigenvalue weighted by atomic mass is 10.0. The maximum absolute atomic E-state index is 12.4. The Hall–Kier alpha value is -2.33. The molecule has 2 aromatic carbocycles. The van der Waals surface area contributed by atoms with E-state index in [1.54, 1.807) is 0 Å². The molecule has 1 aliphatic rings. The van der Waals surface area contributed by atoms with Gasteiger partial charge in [0.1, 0.15) is 0 Å². The normalized spacial score (nSPS) is 16.3. The lowest BCUT2D eigenvalue weighted by Gasteiger charge is -2.32. The van der Waals surface area contributed by atoms with Crippen LogP contribution in [0.5, 0.6) is 0 Å². The number of H-pyrrole nitrogens is 1. The van der Waals surface area contributed by atoms with E-state index in [4.69, 9.17) is 0 Å². The van der Waals surface area contributed by atoms with E-state index in [0.717, 1.165) is 56.4 Å². The molecule has 0 atom stereocenters. The van der Waals surface area contributed by atoms with E-state index in [2.05, 4.69) is 41.1 Å². The van der Waals surface area contributed by atoms with Gasteiger partial charge < -0.3 is 9.88 Å². The molecule has 26 heavy (non-hydrogen) atoms. The lowest BCUT2D eigenvalue weighted by molar-refractivity contribution is 0.188. The number of para-hydroxylation sites is 2. The van der Waals surface area contributed by atoms with Gasteiger partial charge >= 0.3 is 5.69 Å². The van der Waals surface area contributed by atoms with Crippen LogP contribution in [0, 0.1) is 0 Å². The van der Waals surface area contributed by atoms with E-state index < -0.39 is 0 Å². The molecule has 0 unspecified atom stereocenters. The maximum Gasteiger partial charge on any atom is 0.326 e. The van der Waals surface area contributed by atoms with Crippen LogP contribution in [0.25, 0.3) is 11.0 Å². The van der Waals surface area contributed by atoms with Crippen molar-refractivity contribution in [1.29, 1.82) is 0 Å². The van der Waals surface area contributed by atoms with Crippen LogP contribution in [0.3, 0.4) is 0 Å². The minimum atomic E-state index is 0.0292. The first-order valence-corrected chi connectivity index (χ1v) is 9.74. The van der Waals surface area contributed by atoms with Crippen LogP contribution in [0.4, 0.5) is 0 Å². The van der Waals surface area contributed by atoms with Crippen molar-refractivity contribution in [3.8, 4) is 0 Å². The van der Waals surface area contributed by atoms with Crippen molar-refractivity contribution < 1.29 is 0 Å². The third-order valence-electron chi connectivity index (χ3n) is 5.74. The highest BCUT2D eigenvalue weighted by atomic mass is 16.1. The topological polar surface area (TPSA) is 41.0 Å². The molecule has 136 valence electrons. The van der Waals surface area contributed by atoms with Crippen LogP contribution in [-0.4, -0.2) is 34.1 Å². The van der Waals surface area contributed by atoms with Crippen molar-refractivity contribution in [1.82, 2.24) is 14.5 Å². The van der Waals surface area contributed by atoms with Crippen LogP contribution in [0.2, 0.25) is 0 Å². The highest BCUT2D eigenvalue weighted by Crippen LogP contribution is 2.25. The number of aromatic nitrogens is 2. The van der Waals surface area contributed by atoms with E-state index in [-0.39, 0.29) is 5.69 Å². The number of aryl methyl sites for hydroxylation is 1. The molecule has 1 fully saturated rings. The molecule has 3 aromatic rings. The zero-order valence-electron chi connectivity index (χ0n) is 15.4. The molecular weight excluding hydrogens is 322 g/mol. The summed E-state index contributed by atoms with van der Waals surface area (Å²) in [5.74, 6) is 0. The summed E-state index contributed by atoms with van der Waals surface area (Å²) in [5.41, 5.74) is 4.95. The molecule has 2 heterocycles. The average Bonchev–Trinajstić information content (AvgIpc) is 3.02. The molecule has 0 bridgehead atoms. The van der Waals surface area contributed by atoms with E-state index in [1.807, 2.05) is 28.8 Å². The molecule has 1 aromatic heterocycles. The zero-order valence-corrected chi connectivity index (χ0v) is 15.4. The first kappa shape index (κ1) is 17.1. The molecule has 0 spiro atoms. The Morgan fingerprint density at radius 1 is 1.00 bits per heavy atom. The molecule has 4 heteroatoms. The van der Waals surface area contributed by atoms with Crippen molar-refractivity contribution in [2.24, 2.45) is 0 Å². The monoisotopic (exact) mass is 349 g/mol. The SMILES string of the molecule is CCc1ccccc1CCN1CCC(n2c(=O)[nH]c3ccccc32)CC1. The summed E-state index contributed by atoms with van der Waals surface area (Å²) in [6.45, 7) is 5.45. The first-order valence-electron chi connectivity index (χ1n) is 9.74. The Kier molecular flexibility index (Phi) is 4.93. The molecule has 0 aliphatic carbocycles. The second-order valence-electron chi connectivity index (χ2n) is 7.26. The fourth-order valence-corrected chi connectivity index (χ4v) is 4.26. The highest BCUT2D eigenvalue weighted by molar-refractivity contribution is 5.75. The van der Waals surface area contributed by atoms with Crippen molar-refractivity contribution in [2.45, 2.75) is 38.6 Å². The molecule has 0 amide bonds. The number of nitrogens with zero attached hydrogens (tertiary/aromatic N) is 2. The van der Waals surface area contributed by atoms with Gasteiger partial charge in [0.05, 0.1) is 11.0 Å². The summed E-state index contributed by atoms with van der Waals surface area (Å²) in [5, 5.41) is 0. The van der Waals surface area contributed by atoms with Crippen LogP contribution >= 0.6 is 0 Å². The third-order valence-corrected chi connectivity index (χ3v) is 5.74. The Labute approximate surface area is 154 Å². The van der Waals surface area contributed by atoms with Crippen LogP contribution < -0.4 is 5.69 Å². The summed E-state index contributed by atoms with van der Waals surface area (Å²) in [6, 6.07) is 17.1. The van der Waals surface area contributed by atoms with E-state index in [1.165, 1.54) is 11.1 Å². The van der Waals surface area contributed by atoms with Gasteiger partial charge in [0, 0.05) is 25.7 Å². The van der Waals surface area contributed by atoms with Crippen LogP contribution in [0.15, 0.2) is 53.3 Å². The summed E-state index contributed by atoms with van der Waals surface area (Å²) < 4.78 is 1.97. The van der Waals surface area contributed by atoms with Crippen LogP contribution in [0.1, 0.15) is 36.9 Å². The van der Waals surface area contributed by atoms with Crippen LogP contribution in [-0.2, 0) is 12.8 Å². The number of hydrogen-bond acceptors (Lipinski definition) is 2. The lowest BCUT2D eigenvalue weighted by Crippen LogP contribution is -2.38. The number of likely N-dealkylation sites (tertiary alicyclic amines) is 1. The van der Waals surface area contributed by atoms with Gasteiger partial charge in [0.15, 0.2) is 0 Å². The Balaban J connectivity index is 1.40. The first-order chi connectivity index (χ1) is 12.8. The third kappa shape index (κ3) is 3.34. The predicted molar refractivity (Wildman–Crippen MR) is 107 cm³/mol. The number of benzene rings is 2. The van der Waals surface area contributed by atoms with Crippen molar-refractivity contribution in [3.63, 3.8) is 0 Å². The molecular formula is C22H27N3O. The number of hydrogen-bond donors (Lipinski definition) is 1. The van der Waals surface area contributed by atoms with Gasteiger partial charge in [0.25, 0.3) is 0 Å². The highest BCUT2D eigenvalue weighted by Gasteiger charge is 2.23. The van der Waals surface area contributed by atoms with E-state index in [0.29, 0.717) is 6.04 Å². The van der Waals surface area contributed by atoms with Crippen molar-refractivity contribution in [3.05, 3.63) is 70.1 Å². The van der Waals surface area contributed by atoms with Gasteiger partial charge in [-0.1, -0.05) is 43.3 Å². The molecule has 1 N–H and O–H groups in total. The Morgan fingerprint density at radius 3 is 2.46 bits per heavy atom. The van der Waals surface area contributed by atoms with Gasteiger partial charge in [-0.15, -0.1) is 0 Å². The number of rotatable bonds is 5. The van der Waals surface area contributed by atoms with Gasteiger partial charge in [-0.25, -0.2) is 4.79 Å². The minimum Gasteiger partial charge on any atom is -0.306 e. The quantitative estimate of drug-likeness (QED) is 0.762. The van der Waals surface area contributed by atoms with Crippen molar-refractivity contribution >= 4 is 11.0 Å². The van der Waals surface area contributed by atoms with E-state index >= 15 is 0 Å². The number of nitrogens with one attached hydrogen (secondary N) is 1. The van der Waals surface area contributed by atoms with E-state index in [9.17, 15) is 4.79 Å². The maximum atomic E-state index is 12.4. The second-order valence-corrected chi connectivity index (χ2v) is 7.26. The number of fused-ring (bicyclic) bond motifs is 1. The zero-order chi connectivity index (χ0) is 17.9. The van der Waals surface area contributed by atoms with Gasteiger partial charge in [-0.2, -0.15) is 0 Å². The standard InChI is InChI=1S/C22H27N3O/c1-2-17-7-3-4-8-18(17)11-14-24-15-12-19(13-16-24)25-21-10-6-5-9-20(21)23-22(25)26/h3-10,19H,2,11-16H2,1H3,(H,23,26). The summed E-state index contributed by atoms with van der Waals surface area (Å²) in [6.07, 6.45) is 4.29. The fourth-order valence-electron chi connectivity index (χ4n) is 4.26. The number of imidazole rings is 1. The molecule has 4 rings (SSSR count). The molecule has 0 saturated carbocycles. The number of aromatic amines is 1. The largest absolute Gasteiger partial charge is 0.326 e. The molecule has 4 nitrogen and oxygen atoms in total. The predicted octanol–water partition coefficient (Wildman–Crippen LogP) is 3.77. The summed E-state index contributed by atoms with van der Waals surface area (Å²) >= 11 is 0. The Bertz CT molecular complexity index is 932. The minimum absolute atomic E-state index is 0.0292. The molecule has 1 aliphatic heterocycles. The van der Waals surface area contributed by atoms with Gasteiger partial charge in [-0.05, 0) is 48.9 Å². The summed E-state index contributed by atoms with van der Waals surface area (Å²) in [4.78, 5) is 17.9. The molecule has 1 saturated heterocycles. The van der Waals surface area contributed by atoms with Gasteiger partial charge in [0.2, 0.25) is 0 Å². The fraction of sp³-hybridized carbons (Fsp3) is 0.409. The average molecular weight is 349 g/mol. The van der Waals surface area contributed by atoms with Gasteiger partial charge in [-0.3, -0.25) is 4.57 Å². The second kappa shape index (κ2) is 7.50. The Morgan fingerprint density at radius 2 is 1.69 bits per heavy atom. The smallest absolute Gasteiger partial charge is 0.306 e. The van der Waals surface area contributed by atoms with Crippen molar-refractivity contribution in [2.75, 3.05) is 19.6 Å².